The Kier molecular flexibility index (Phi) is 5.65. The first-order valence-corrected chi connectivity index (χ1v) is 7.73. The van der Waals surface area contributed by atoms with Crippen molar-refractivity contribution in [2.75, 3.05) is 13.1 Å². The molecule has 0 bridgehead atoms. The topological polar surface area (TPSA) is 12.0 Å². The maximum atomic E-state index is 13.2. The number of hydrogen-bond acceptors (Lipinski definition) is 1. The minimum absolute atomic E-state index is 0.246. The van der Waals surface area contributed by atoms with E-state index in [-0.39, 0.29) is 10.8 Å². The van der Waals surface area contributed by atoms with Gasteiger partial charge in [0.05, 0.1) is 5.02 Å². The molecule has 1 N–H and O–H groups in total. The molecule has 2 atom stereocenters. The molecule has 1 aliphatic rings. The van der Waals surface area contributed by atoms with Crippen LogP contribution in [0.2, 0.25) is 5.02 Å². The van der Waals surface area contributed by atoms with Gasteiger partial charge in [-0.2, -0.15) is 0 Å². The molecule has 0 aromatic heterocycles. The predicted octanol–water partition coefficient (Wildman–Crippen LogP) is 4.44. The Hall–Kier alpha value is -0.600. The number of benzene rings is 1. The summed E-state index contributed by atoms with van der Waals surface area (Å²) in [5, 5.41) is 3.77. The Balaban J connectivity index is 1.91. The maximum absolute atomic E-state index is 13.2. The second kappa shape index (κ2) is 7.25. The normalized spacial score (nSPS) is 22.9. The molecule has 1 saturated carbocycles. The Morgan fingerprint density at radius 3 is 2.84 bits per heavy atom. The summed E-state index contributed by atoms with van der Waals surface area (Å²) in [6.07, 6.45) is 6.13. The van der Waals surface area contributed by atoms with Crippen molar-refractivity contribution >= 4 is 11.6 Å². The van der Waals surface area contributed by atoms with Crippen LogP contribution in [-0.4, -0.2) is 13.1 Å². The lowest BCUT2D eigenvalue weighted by atomic mass is 9.89. The zero-order valence-electron chi connectivity index (χ0n) is 11.6. The van der Waals surface area contributed by atoms with Crippen LogP contribution in [0.3, 0.4) is 0 Å². The molecular formula is C16H23ClFN. The SMILES string of the molecule is CCCNCC1CCCC1Cc1ccc(F)c(Cl)c1. The molecule has 0 amide bonds. The average Bonchev–Trinajstić information content (AvgIpc) is 2.82. The van der Waals surface area contributed by atoms with Crippen LogP contribution in [-0.2, 0) is 6.42 Å². The first-order valence-electron chi connectivity index (χ1n) is 7.35. The highest BCUT2D eigenvalue weighted by molar-refractivity contribution is 6.30. The first-order chi connectivity index (χ1) is 9.20. The number of halogens is 2. The van der Waals surface area contributed by atoms with E-state index in [9.17, 15) is 4.39 Å². The van der Waals surface area contributed by atoms with E-state index in [1.165, 1.54) is 37.3 Å². The highest BCUT2D eigenvalue weighted by Crippen LogP contribution is 2.34. The van der Waals surface area contributed by atoms with E-state index in [4.69, 9.17) is 11.6 Å². The minimum Gasteiger partial charge on any atom is -0.316 e. The Morgan fingerprint density at radius 2 is 2.11 bits per heavy atom. The summed E-state index contributed by atoms with van der Waals surface area (Å²) < 4.78 is 13.2. The first kappa shape index (κ1) is 14.8. The van der Waals surface area contributed by atoms with Crippen LogP contribution >= 0.6 is 11.6 Å². The molecule has 1 aromatic rings. The zero-order chi connectivity index (χ0) is 13.7. The quantitative estimate of drug-likeness (QED) is 0.761. The lowest BCUT2D eigenvalue weighted by Gasteiger charge is -2.20. The number of hydrogen-bond donors (Lipinski definition) is 1. The molecule has 0 heterocycles. The van der Waals surface area contributed by atoms with Gasteiger partial charge in [-0.3, -0.25) is 0 Å². The molecule has 0 radical (unpaired) electrons. The van der Waals surface area contributed by atoms with Crippen molar-refractivity contribution < 1.29 is 4.39 Å². The second-order valence-corrected chi connectivity index (χ2v) is 6.01. The van der Waals surface area contributed by atoms with Gasteiger partial charge in [0.25, 0.3) is 0 Å². The summed E-state index contributed by atoms with van der Waals surface area (Å²) in [6.45, 7) is 4.42. The van der Waals surface area contributed by atoms with E-state index in [0.29, 0.717) is 5.92 Å². The summed E-state index contributed by atoms with van der Waals surface area (Å²) in [7, 11) is 0. The van der Waals surface area contributed by atoms with Crippen LogP contribution in [0, 0.1) is 17.7 Å². The number of rotatable bonds is 6. The lowest BCUT2D eigenvalue weighted by Crippen LogP contribution is -2.26. The molecule has 106 valence electrons. The molecule has 1 nitrogen and oxygen atoms in total. The van der Waals surface area contributed by atoms with Crippen LogP contribution < -0.4 is 5.32 Å². The van der Waals surface area contributed by atoms with Crippen LogP contribution in [0.15, 0.2) is 18.2 Å². The van der Waals surface area contributed by atoms with Gasteiger partial charge >= 0.3 is 0 Å². The molecule has 1 aromatic carbocycles. The van der Waals surface area contributed by atoms with Crippen molar-refractivity contribution in [3.05, 3.63) is 34.6 Å². The largest absolute Gasteiger partial charge is 0.316 e. The van der Waals surface area contributed by atoms with Gasteiger partial charge < -0.3 is 5.32 Å². The highest BCUT2D eigenvalue weighted by Gasteiger charge is 2.26. The fourth-order valence-electron chi connectivity index (χ4n) is 3.08. The summed E-state index contributed by atoms with van der Waals surface area (Å²) in [6, 6.07) is 5.14. The molecule has 2 unspecified atom stereocenters. The maximum Gasteiger partial charge on any atom is 0.141 e. The average molecular weight is 284 g/mol. The van der Waals surface area contributed by atoms with E-state index < -0.39 is 0 Å². The molecule has 1 fully saturated rings. The van der Waals surface area contributed by atoms with Gasteiger partial charge in [0.2, 0.25) is 0 Å². The third-order valence-electron chi connectivity index (χ3n) is 4.13. The van der Waals surface area contributed by atoms with Gasteiger partial charge in [-0.05, 0) is 68.3 Å². The van der Waals surface area contributed by atoms with Gasteiger partial charge in [0.15, 0.2) is 0 Å². The van der Waals surface area contributed by atoms with Crippen molar-refractivity contribution in [3.8, 4) is 0 Å². The predicted molar refractivity (Wildman–Crippen MR) is 79.1 cm³/mol. The molecular weight excluding hydrogens is 261 g/mol. The van der Waals surface area contributed by atoms with Crippen LogP contribution in [0.5, 0.6) is 0 Å². The summed E-state index contributed by atoms with van der Waals surface area (Å²) >= 11 is 5.85. The second-order valence-electron chi connectivity index (χ2n) is 5.61. The monoisotopic (exact) mass is 283 g/mol. The van der Waals surface area contributed by atoms with Gasteiger partial charge in [-0.25, -0.2) is 4.39 Å². The molecule has 0 saturated heterocycles. The smallest absolute Gasteiger partial charge is 0.141 e. The molecule has 2 rings (SSSR count). The fourth-order valence-corrected chi connectivity index (χ4v) is 3.29. The third kappa shape index (κ3) is 4.19. The van der Waals surface area contributed by atoms with Crippen molar-refractivity contribution in [1.82, 2.24) is 5.32 Å². The van der Waals surface area contributed by atoms with E-state index in [0.717, 1.165) is 25.4 Å². The fraction of sp³-hybridized carbons (Fsp3) is 0.625. The minimum atomic E-state index is -0.321. The molecule has 19 heavy (non-hydrogen) atoms. The van der Waals surface area contributed by atoms with Gasteiger partial charge in [0.1, 0.15) is 5.82 Å². The van der Waals surface area contributed by atoms with Crippen molar-refractivity contribution in [2.24, 2.45) is 11.8 Å². The standard InChI is InChI=1S/C16H23ClFN/c1-2-8-19-11-14-5-3-4-13(14)9-12-6-7-16(18)15(17)10-12/h6-7,10,13-14,19H,2-5,8-9,11H2,1H3. The van der Waals surface area contributed by atoms with Gasteiger partial charge in [-0.15, -0.1) is 0 Å². The van der Waals surface area contributed by atoms with E-state index >= 15 is 0 Å². The Morgan fingerprint density at radius 1 is 1.32 bits per heavy atom. The van der Waals surface area contributed by atoms with Crippen LogP contribution in [0.25, 0.3) is 0 Å². The van der Waals surface area contributed by atoms with Crippen molar-refractivity contribution in [3.63, 3.8) is 0 Å². The molecule has 0 spiro atoms. The molecule has 0 aliphatic heterocycles. The van der Waals surface area contributed by atoms with E-state index in [2.05, 4.69) is 12.2 Å². The van der Waals surface area contributed by atoms with E-state index in [1.54, 1.807) is 6.07 Å². The Labute approximate surface area is 120 Å². The van der Waals surface area contributed by atoms with E-state index in [1.807, 2.05) is 6.07 Å². The summed E-state index contributed by atoms with van der Waals surface area (Å²) in [5.41, 5.74) is 1.17. The summed E-state index contributed by atoms with van der Waals surface area (Å²) in [5.74, 6) is 1.15. The number of nitrogens with one attached hydrogen (secondary N) is 1. The van der Waals surface area contributed by atoms with Crippen molar-refractivity contribution in [1.29, 1.82) is 0 Å². The molecule has 3 heteroatoms. The Bertz CT molecular complexity index is 408. The summed E-state index contributed by atoms with van der Waals surface area (Å²) in [4.78, 5) is 0. The van der Waals surface area contributed by atoms with Gasteiger partial charge in [0, 0.05) is 0 Å². The lowest BCUT2D eigenvalue weighted by molar-refractivity contribution is 0.365. The van der Waals surface area contributed by atoms with Crippen LogP contribution in [0.4, 0.5) is 4.39 Å². The third-order valence-corrected chi connectivity index (χ3v) is 4.42. The zero-order valence-corrected chi connectivity index (χ0v) is 12.3. The highest BCUT2D eigenvalue weighted by atomic mass is 35.5. The van der Waals surface area contributed by atoms with Crippen LogP contribution in [0.1, 0.15) is 38.2 Å². The van der Waals surface area contributed by atoms with Crippen molar-refractivity contribution in [2.45, 2.75) is 39.0 Å². The van der Waals surface area contributed by atoms with Gasteiger partial charge in [-0.1, -0.05) is 31.0 Å². The molecule has 1 aliphatic carbocycles.